The number of aliphatic hydroxyl groups is 5. The summed E-state index contributed by atoms with van der Waals surface area (Å²) in [5.74, 6) is -0.178. The lowest BCUT2D eigenvalue weighted by atomic mass is 9.99. The number of hydrogen-bond acceptors (Lipinski definition) is 8. The average molecular weight is 1090 g/mol. The standard InChI is InChI=1S/C69H119NO8/c1-3-5-7-9-11-13-15-17-19-21-23-25-27-29-30-31-32-33-34-35-37-39-41-43-45-47-49-51-53-55-57-59-65(73)70-62(61-77-69-68(76)67(75)66(74)64(60-71)78-69)63(72)58-56-54-52-50-48-46-44-42-40-38-36-28-26-24-22-20-18-16-14-12-10-8-6-4-2/h5,7,11,13,17,19,23,25,29-30,32-33,35,37,41,43,47,49,62-64,66-69,71-72,74-76H,3-4,6,8-10,12,14-16,18,20-22,24,26-28,31,34,36,38-40,42,44-46,48,50-61H2,1-2H3,(H,70,73)/b7-5-,13-11-,19-17-,25-23-,30-29-,33-32-,37-35-,43-41-,49-47-. The van der Waals surface area contributed by atoms with E-state index in [-0.39, 0.29) is 12.5 Å². The van der Waals surface area contributed by atoms with Gasteiger partial charge < -0.3 is 40.3 Å². The Kier molecular flexibility index (Phi) is 53.3. The van der Waals surface area contributed by atoms with Gasteiger partial charge in [-0.05, 0) is 83.5 Å². The van der Waals surface area contributed by atoms with Crippen LogP contribution < -0.4 is 5.32 Å². The smallest absolute Gasteiger partial charge is 0.220 e. The van der Waals surface area contributed by atoms with Crippen molar-refractivity contribution >= 4 is 5.91 Å². The van der Waals surface area contributed by atoms with Gasteiger partial charge >= 0.3 is 0 Å². The normalized spacial score (nSPS) is 19.4. The van der Waals surface area contributed by atoms with Gasteiger partial charge in [0.1, 0.15) is 24.4 Å². The number of amides is 1. The summed E-state index contributed by atoms with van der Waals surface area (Å²) >= 11 is 0. The highest BCUT2D eigenvalue weighted by Crippen LogP contribution is 2.23. The van der Waals surface area contributed by atoms with Crippen LogP contribution in [0.1, 0.15) is 264 Å². The summed E-state index contributed by atoms with van der Waals surface area (Å²) in [6, 6.07) is -0.747. The number of nitrogens with one attached hydrogen (secondary N) is 1. The number of rotatable bonds is 54. The van der Waals surface area contributed by atoms with E-state index in [1.54, 1.807) is 0 Å². The molecular formula is C69H119NO8. The first-order valence-corrected chi connectivity index (χ1v) is 32.1. The van der Waals surface area contributed by atoms with Gasteiger partial charge in [0, 0.05) is 6.42 Å². The van der Waals surface area contributed by atoms with Crippen LogP contribution in [0.5, 0.6) is 0 Å². The third-order valence-electron chi connectivity index (χ3n) is 14.6. The minimum Gasteiger partial charge on any atom is -0.394 e. The summed E-state index contributed by atoms with van der Waals surface area (Å²) in [5, 5.41) is 54.8. The van der Waals surface area contributed by atoms with Gasteiger partial charge in [0.15, 0.2) is 6.29 Å². The fourth-order valence-corrected chi connectivity index (χ4v) is 9.63. The van der Waals surface area contributed by atoms with Crippen LogP contribution in [0.15, 0.2) is 109 Å². The van der Waals surface area contributed by atoms with E-state index in [1.807, 2.05) is 0 Å². The van der Waals surface area contributed by atoms with Crippen LogP contribution in [0.2, 0.25) is 0 Å². The largest absolute Gasteiger partial charge is 0.394 e. The quantitative estimate of drug-likeness (QED) is 0.0261. The summed E-state index contributed by atoms with van der Waals surface area (Å²) in [6.07, 6.45) is 77.0. The Balaban J connectivity index is 2.22. The molecule has 1 heterocycles. The summed E-state index contributed by atoms with van der Waals surface area (Å²) in [6.45, 7) is 3.72. The molecule has 1 amide bonds. The van der Waals surface area contributed by atoms with Gasteiger partial charge in [-0.2, -0.15) is 0 Å². The molecule has 1 rings (SSSR count). The molecule has 6 N–H and O–H groups in total. The zero-order chi connectivity index (χ0) is 56.5. The van der Waals surface area contributed by atoms with Crippen molar-refractivity contribution in [2.75, 3.05) is 13.2 Å². The summed E-state index contributed by atoms with van der Waals surface area (Å²) < 4.78 is 11.3. The fourth-order valence-electron chi connectivity index (χ4n) is 9.63. The molecule has 0 spiro atoms. The van der Waals surface area contributed by atoms with Crippen molar-refractivity contribution in [1.82, 2.24) is 5.32 Å². The van der Waals surface area contributed by atoms with Crippen molar-refractivity contribution in [3.8, 4) is 0 Å². The molecule has 1 fully saturated rings. The molecule has 0 radical (unpaired) electrons. The molecule has 1 aliphatic rings. The van der Waals surface area contributed by atoms with E-state index in [4.69, 9.17) is 9.47 Å². The van der Waals surface area contributed by atoms with Gasteiger partial charge in [0.05, 0.1) is 25.4 Å². The lowest BCUT2D eigenvalue weighted by molar-refractivity contribution is -0.302. The molecule has 0 aromatic carbocycles. The first kappa shape index (κ1) is 72.9. The van der Waals surface area contributed by atoms with E-state index in [1.165, 1.54) is 135 Å². The van der Waals surface area contributed by atoms with Crippen molar-refractivity contribution in [1.29, 1.82) is 0 Å². The Labute approximate surface area is 478 Å². The number of carbonyl (C=O) groups excluding carboxylic acids is 1. The monoisotopic (exact) mass is 1090 g/mol. The fraction of sp³-hybridized carbons (Fsp3) is 0.725. The molecule has 7 unspecified atom stereocenters. The van der Waals surface area contributed by atoms with Crippen LogP contribution in [-0.2, 0) is 14.3 Å². The van der Waals surface area contributed by atoms with E-state index in [9.17, 15) is 30.3 Å². The molecule has 0 aromatic heterocycles. The number of ether oxygens (including phenoxy) is 2. The first-order chi connectivity index (χ1) is 38.3. The highest BCUT2D eigenvalue weighted by atomic mass is 16.7. The van der Waals surface area contributed by atoms with Crippen molar-refractivity contribution < 1.29 is 39.8 Å². The number of allylic oxidation sites excluding steroid dienone is 18. The predicted octanol–water partition coefficient (Wildman–Crippen LogP) is 16.9. The molecule has 0 aromatic rings. The maximum Gasteiger partial charge on any atom is 0.220 e. The van der Waals surface area contributed by atoms with Crippen LogP contribution in [0, 0.1) is 0 Å². The molecule has 9 heteroatoms. The van der Waals surface area contributed by atoms with Crippen molar-refractivity contribution in [2.45, 2.75) is 307 Å². The van der Waals surface area contributed by atoms with Crippen LogP contribution in [0.25, 0.3) is 0 Å². The molecule has 0 bridgehead atoms. The van der Waals surface area contributed by atoms with Crippen molar-refractivity contribution in [2.24, 2.45) is 0 Å². The highest BCUT2D eigenvalue weighted by molar-refractivity contribution is 5.76. The maximum absolute atomic E-state index is 13.1. The van der Waals surface area contributed by atoms with E-state index in [0.717, 1.165) is 103 Å². The average Bonchev–Trinajstić information content (AvgIpc) is 3.45. The highest BCUT2D eigenvalue weighted by Gasteiger charge is 2.44. The minimum atomic E-state index is -1.57. The van der Waals surface area contributed by atoms with E-state index >= 15 is 0 Å². The number of aliphatic hydroxyl groups excluding tert-OH is 5. The SMILES string of the molecule is CC/C=C\C/C=C\C/C=C\C/C=C\C/C=C\C/C=C\C/C=C\C/C=C\C/C=C\CCCCCC(=O)NC(COC1OC(CO)C(O)C(O)C1O)C(O)CCCCCCCCCCCCCCCCCCCCCCCCCC. The zero-order valence-corrected chi connectivity index (χ0v) is 49.9. The van der Waals surface area contributed by atoms with Gasteiger partial charge in [-0.1, -0.05) is 284 Å². The Morgan fingerprint density at radius 3 is 1.17 bits per heavy atom. The van der Waals surface area contributed by atoms with E-state index < -0.39 is 49.5 Å². The number of carbonyl (C=O) groups is 1. The molecule has 0 saturated carbocycles. The topological polar surface area (TPSA) is 149 Å². The van der Waals surface area contributed by atoms with Crippen LogP contribution >= 0.6 is 0 Å². The van der Waals surface area contributed by atoms with Gasteiger partial charge in [-0.15, -0.1) is 0 Å². The molecule has 9 nitrogen and oxygen atoms in total. The number of unbranched alkanes of at least 4 members (excludes halogenated alkanes) is 26. The van der Waals surface area contributed by atoms with E-state index in [0.29, 0.717) is 12.8 Å². The Bertz CT molecular complexity index is 1590. The number of hydrogen-bond donors (Lipinski definition) is 6. The van der Waals surface area contributed by atoms with Crippen LogP contribution in [0.3, 0.4) is 0 Å². The van der Waals surface area contributed by atoms with Gasteiger partial charge in [0.2, 0.25) is 5.91 Å². The second-order valence-corrected chi connectivity index (χ2v) is 21.8. The van der Waals surface area contributed by atoms with Crippen molar-refractivity contribution in [3.63, 3.8) is 0 Å². The summed E-state index contributed by atoms with van der Waals surface area (Å²) in [7, 11) is 0. The molecule has 7 atom stereocenters. The Morgan fingerprint density at radius 2 is 0.795 bits per heavy atom. The molecular weight excluding hydrogens is 971 g/mol. The van der Waals surface area contributed by atoms with E-state index in [2.05, 4.69) is 129 Å². The van der Waals surface area contributed by atoms with Crippen molar-refractivity contribution in [3.05, 3.63) is 109 Å². The third-order valence-corrected chi connectivity index (χ3v) is 14.6. The summed E-state index contributed by atoms with van der Waals surface area (Å²) in [4.78, 5) is 13.1. The second kappa shape index (κ2) is 57.1. The summed E-state index contributed by atoms with van der Waals surface area (Å²) in [5.41, 5.74) is 0. The molecule has 1 saturated heterocycles. The Morgan fingerprint density at radius 1 is 0.449 bits per heavy atom. The zero-order valence-electron chi connectivity index (χ0n) is 49.9. The van der Waals surface area contributed by atoms with Crippen LogP contribution in [0.4, 0.5) is 0 Å². The lowest BCUT2D eigenvalue weighted by Crippen LogP contribution is -2.60. The molecule has 448 valence electrons. The van der Waals surface area contributed by atoms with Crippen LogP contribution in [-0.4, -0.2) is 87.5 Å². The molecule has 78 heavy (non-hydrogen) atoms. The van der Waals surface area contributed by atoms with Gasteiger partial charge in [-0.25, -0.2) is 0 Å². The third kappa shape index (κ3) is 45.6. The minimum absolute atomic E-state index is 0.158. The second-order valence-electron chi connectivity index (χ2n) is 21.8. The van der Waals surface area contributed by atoms with Gasteiger partial charge in [-0.3, -0.25) is 4.79 Å². The Hall–Kier alpha value is -3.15. The van der Waals surface area contributed by atoms with Gasteiger partial charge in [0.25, 0.3) is 0 Å². The first-order valence-electron chi connectivity index (χ1n) is 32.1. The molecule has 1 aliphatic heterocycles. The lowest BCUT2D eigenvalue weighted by Gasteiger charge is -2.40. The molecule has 0 aliphatic carbocycles. The maximum atomic E-state index is 13.1. The predicted molar refractivity (Wildman–Crippen MR) is 331 cm³/mol.